The molecule has 136 valence electrons. The number of hydrogen-bond acceptors (Lipinski definition) is 4. The maximum atomic E-state index is 12.2. The molecule has 0 atom stereocenters. The fourth-order valence-electron chi connectivity index (χ4n) is 3.16. The number of fused-ring (bicyclic) bond motifs is 1. The van der Waals surface area contributed by atoms with E-state index >= 15 is 0 Å². The van der Waals surface area contributed by atoms with Crippen molar-refractivity contribution in [2.45, 2.75) is 32.8 Å². The molecule has 1 aromatic carbocycles. The van der Waals surface area contributed by atoms with Crippen LogP contribution < -0.4 is 10.2 Å². The van der Waals surface area contributed by atoms with E-state index in [1.165, 1.54) is 0 Å². The number of piperazine rings is 1. The number of nitrogens with zero attached hydrogens (tertiary/aromatic N) is 2. The standard InChI is InChI=1S/C18H24ClN3O3/c1-18(2,3)25-17(24)22-10-8-21(9-11-22)13-5-4-12-6-7-20-16(23)14(12)15(13)19/h4-5H,6-11H2,1-3H3,(H,20,23). The van der Waals surface area contributed by atoms with Crippen LogP contribution in [-0.4, -0.2) is 55.2 Å². The lowest BCUT2D eigenvalue weighted by Gasteiger charge is -2.37. The highest BCUT2D eigenvalue weighted by atomic mass is 35.5. The van der Waals surface area contributed by atoms with E-state index in [9.17, 15) is 9.59 Å². The lowest BCUT2D eigenvalue weighted by Crippen LogP contribution is -2.50. The fraction of sp³-hybridized carbons (Fsp3) is 0.556. The van der Waals surface area contributed by atoms with Crippen LogP contribution in [0.3, 0.4) is 0 Å². The Hall–Kier alpha value is -1.95. The van der Waals surface area contributed by atoms with E-state index < -0.39 is 5.60 Å². The van der Waals surface area contributed by atoms with Gasteiger partial charge in [-0.1, -0.05) is 17.7 Å². The van der Waals surface area contributed by atoms with Crippen LogP contribution in [0.2, 0.25) is 5.02 Å². The van der Waals surface area contributed by atoms with Crippen LogP contribution in [0.15, 0.2) is 12.1 Å². The molecule has 3 rings (SSSR count). The first-order chi connectivity index (χ1) is 11.8. The Balaban J connectivity index is 1.71. The molecule has 2 aliphatic rings. The maximum Gasteiger partial charge on any atom is 0.410 e. The van der Waals surface area contributed by atoms with Crippen molar-refractivity contribution in [3.8, 4) is 0 Å². The predicted molar refractivity (Wildman–Crippen MR) is 97.5 cm³/mol. The van der Waals surface area contributed by atoms with Gasteiger partial charge in [-0.05, 0) is 38.8 Å². The number of carbonyl (C=O) groups is 2. The van der Waals surface area contributed by atoms with Gasteiger partial charge in [-0.15, -0.1) is 0 Å². The molecule has 0 spiro atoms. The van der Waals surface area contributed by atoms with E-state index in [4.69, 9.17) is 16.3 Å². The summed E-state index contributed by atoms with van der Waals surface area (Å²) in [6.45, 7) is 8.66. The lowest BCUT2D eigenvalue weighted by molar-refractivity contribution is 0.0240. The molecule has 7 heteroatoms. The third-order valence-electron chi connectivity index (χ3n) is 4.39. The number of benzene rings is 1. The number of anilines is 1. The first kappa shape index (κ1) is 17.9. The quantitative estimate of drug-likeness (QED) is 0.831. The minimum atomic E-state index is -0.497. The SMILES string of the molecule is CC(C)(C)OC(=O)N1CCN(c2ccc3c(c2Cl)C(=O)NCC3)CC1. The van der Waals surface area contributed by atoms with E-state index in [1.807, 2.05) is 32.9 Å². The van der Waals surface area contributed by atoms with Crippen molar-refractivity contribution in [3.05, 3.63) is 28.3 Å². The summed E-state index contributed by atoms with van der Waals surface area (Å²) in [6.07, 6.45) is 0.510. The Bertz CT molecular complexity index is 692. The van der Waals surface area contributed by atoms with Crippen molar-refractivity contribution in [2.24, 2.45) is 0 Å². The van der Waals surface area contributed by atoms with Gasteiger partial charge in [-0.3, -0.25) is 4.79 Å². The van der Waals surface area contributed by atoms with Crippen molar-refractivity contribution < 1.29 is 14.3 Å². The largest absolute Gasteiger partial charge is 0.444 e. The van der Waals surface area contributed by atoms with Gasteiger partial charge in [-0.25, -0.2) is 4.79 Å². The average molecular weight is 366 g/mol. The van der Waals surface area contributed by atoms with Gasteiger partial charge in [0.2, 0.25) is 0 Å². The van der Waals surface area contributed by atoms with Gasteiger partial charge in [0, 0.05) is 32.7 Å². The van der Waals surface area contributed by atoms with E-state index in [2.05, 4.69) is 10.2 Å². The van der Waals surface area contributed by atoms with Crippen molar-refractivity contribution >= 4 is 29.3 Å². The molecule has 1 saturated heterocycles. The monoisotopic (exact) mass is 365 g/mol. The lowest BCUT2D eigenvalue weighted by atomic mass is 9.99. The average Bonchev–Trinajstić information content (AvgIpc) is 2.54. The van der Waals surface area contributed by atoms with Crippen LogP contribution in [0.25, 0.3) is 0 Å². The molecule has 1 fully saturated rings. The number of halogens is 1. The summed E-state index contributed by atoms with van der Waals surface area (Å²) < 4.78 is 5.42. The van der Waals surface area contributed by atoms with Crippen molar-refractivity contribution in [2.75, 3.05) is 37.6 Å². The molecule has 2 heterocycles. The van der Waals surface area contributed by atoms with Gasteiger partial charge in [0.15, 0.2) is 0 Å². The molecule has 1 N–H and O–H groups in total. The number of ether oxygens (including phenoxy) is 1. The van der Waals surface area contributed by atoms with Crippen LogP contribution in [0.4, 0.5) is 10.5 Å². The predicted octanol–water partition coefficient (Wildman–Crippen LogP) is 2.68. The first-order valence-corrected chi connectivity index (χ1v) is 8.96. The summed E-state index contributed by atoms with van der Waals surface area (Å²) in [4.78, 5) is 28.1. The van der Waals surface area contributed by atoms with E-state index in [0.29, 0.717) is 43.3 Å². The van der Waals surface area contributed by atoms with Gasteiger partial charge in [-0.2, -0.15) is 0 Å². The fourth-order valence-corrected chi connectivity index (χ4v) is 3.55. The third kappa shape index (κ3) is 3.84. The Morgan fingerprint density at radius 2 is 1.88 bits per heavy atom. The number of rotatable bonds is 1. The number of hydrogen-bond donors (Lipinski definition) is 1. The smallest absolute Gasteiger partial charge is 0.410 e. The molecule has 0 aliphatic carbocycles. The molecule has 2 aliphatic heterocycles. The van der Waals surface area contributed by atoms with Crippen molar-refractivity contribution in [1.29, 1.82) is 0 Å². The molecule has 6 nitrogen and oxygen atoms in total. The first-order valence-electron chi connectivity index (χ1n) is 8.59. The Kier molecular flexibility index (Phi) is 4.82. The topological polar surface area (TPSA) is 61.9 Å². The number of carbonyl (C=O) groups excluding carboxylic acids is 2. The molecule has 2 amide bonds. The van der Waals surface area contributed by atoms with Gasteiger partial charge < -0.3 is 19.9 Å². The Morgan fingerprint density at radius 1 is 1.20 bits per heavy atom. The summed E-state index contributed by atoms with van der Waals surface area (Å²) in [5.41, 5.74) is 1.93. The highest BCUT2D eigenvalue weighted by Crippen LogP contribution is 2.33. The van der Waals surface area contributed by atoms with Crippen molar-refractivity contribution in [1.82, 2.24) is 10.2 Å². The maximum absolute atomic E-state index is 12.2. The third-order valence-corrected chi connectivity index (χ3v) is 4.77. The van der Waals surface area contributed by atoms with Crippen LogP contribution in [-0.2, 0) is 11.2 Å². The van der Waals surface area contributed by atoms with E-state index in [-0.39, 0.29) is 12.0 Å². The van der Waals surface area contributed by atoms with Gasteiger partial charge >= 0.3 is 6.09 Å². The molecule has 0 bridgehead atoms. The minimum absolute atomic E-state index is 0.111. The molecule has 0 aromatic heterocycles. The summed E-state index contributed by atoms with van der Waals surface area (Å²) in [6, 6.07) is 3.96. The zero-order valence-corrected chi connectivity index (χ0v) is 15.7. The second-order valence-corrected chi connectivity index (χ2v) is 7.77. The Morgan fingerprint density at radius 3 is 2.52 bits per heavy atom. The molecule has 0 saturated carbocycles. The second-order valence-electron chi connectivity index (χ2n) is 7.39. The molecular formula is C18H24ClN3O3. The molecule has 1 aromatic rings. The molecular weight excluding hydrogens is 342 g/mol. The molecule has 0 radical (unpaired) electrons. The highest BCUT2D eigenvalue weighted by molar-refractivity contribution is 6.36. The van der Waals surface area contributed by atoms with Gasteiger partial charge in [0.1, 0.15) is 5.60 Å². The van der Waals surface area contributed by atoms with Crippen LogP contribution >= 0.6 is 11.6 Å². The summed E-state index contributed by atoms with van der Waals surface area (Å²) in [5, 5.41) is 3.34. The second kappa shape index (κ2) is 6.75. The number of nitrogens with one attached hydrogen (secondary N) is 1. The summed E-state index contributed by atoms with van der Waals surface area (Å²) in [5.74, 6) is -0.111. The zero-order valence-electron chi connectivity index (χ0n) is 14.9. The molecule has 25 heavy (non-hydrogen) atoms. The van der Waals surface area contributed by atoms with E-state index in [1.54, 1.807) is 4.90 Å². The summed E-state index contributed by atoms with van der Waals surface area (Å²) >= 11 is 6.53. The molecule has 0 unspecified atom stereocenters. The van der Waals surface area contributed by atoms with Crippen LogP contribution in [0, 0.1) is 0 Å². The normalized spacial score (nSPS) is 17.8. The minimum Gasteiger partial charge on any atom is -0.444 e. The van der Waals surface area contributed by atoms with Gasteiger partial charge in [0.05, 0.1) is 16.3 Å². The highest BCUT2D eigenvalue weighted by Gasteiger charge is 2.28. The van der Waals surface area contributed by atoms with Crippen molar-refractivity contribution in [3.63, 3.8) is 0 Å². The van der Waals surface area contributed by atoms with E-state index in [0.717, 1.165) is 17.7 Å². The van der Waals surface area contributed by atoms with Crippen LogP contribution in [0.1, 0.15) is 36.7 Å². The zero-order chi connectivity index (χ0) is 18.2. The van der Waals surface area contributed by atoms with Crippen LogP contribution in [0.5, 0.6) is 0 Å². The Labute approximate surface area is 153 Å². The number of amides is 2. The van der Waals surface area contributed by atoms with Gasteiger partial charge in [0.25, 0.3) is 5.91 Å². The summed E-state index contributed by atoms with van der Waals surface area (Å²) in [7, 11) is 0.